The Hall–Kier alpha value is -1.32. The standard InChI is InChI=1S/C11H9F3O5S/c1-20(15,16)7-3-2-6(12)9-8(7)10(11(13,14)19-9)17-4-5-18-10/h2-3H,4-5H2,1H3. The quantitative estimate of drug-likeness (QED) is 0.734. The first-order valence-corrected chi connectivity index (χ1v) is 7.46. The van der Waals surface area contributed by atoms with Gasteiger partial charge in [0.05, 0.1) is 23.7 Å². The SMILES string of the molecule is CS(=O)(=O)c1ccc(F)c2c1C1(OCCO1)C(F)(F)O2. The molecule has 110 valence electrons. The van der Waals surface area contributed by atoms with Crippen LogP contribution in [0, 0.1) is 5.82 Å². The summed E-state index contributed by atoms with van der Waals surface area (Å²) in [6.07, 6.45) is -3.20. The number of rotatable bonds is 1. The van der Waals surface area contributed by atoms with Crippen LogP contribution in [0.5, 0.6) is 5.75 Å². The number of benzene rings is 1. The highest BCUT2D eigenvalue weighted by Crippen LogP contribution is 2.56. The van der Waals surface area contributed by atoms with Gasteiger partial charge in [0.2, 0.25) is 0 Å². The monoisotopic (exact) mass is 310 g/mol. The summed E-state index contributed by atoms with van der Waals surface area (Å²) in [6, 6.07) is 1.64. The molecular weight excluding hydrogens is 301 g/mol. The maximum Gasteiger partial charge on any atom is 0.459 e. The second kappa shape index (κ2) is 3.86. The first-order chi connectivity index (χ1) is 9.19. The Balaban J connectivity index is 2.37. The molecule has 0 aromatic heterocycles. The van der Waals surface area contributed by atoms with Crippen molar-refractivity contribution in [2.75, 3.05) is 19.5 Å². The maximum absolute atomic E-state index is 14.0. The van der Waals surface area contributed by atoms with Crippen molar-refractivity contribution in [1.82, 2.24) is 0 Å². The zero-order chi connectivity index (χ0) is 14.8. The molecule has 1 aromatic rings. The van der Waals surface area contributed by atoms with Gasteiger partial charge in [0, 0.05) is 6.26 Å². The minimum absolute atomic E-state index is 0.182. The number of hydrogen-bond donors (Lipinski definition) is 0. The van der Waals surface area contributed by atoms with E-state index in [4.69, 9.17) is 9.47 Å². The summed E-state index contributed by atoms with van der Waals surface area (Å²) in [7, 11) is -3.90. The van der Waals surface area contributed by atoms with Gasteiger partial charge in [-0.25, -0.2) is 12.8 Å². The average Bonchev–Trinajstić information content (AvgIpc) is 2.87. The third kappa shape index (κ3) is 1.60. The number of ether oxygens (including phenoxy) is 3. The molecule has 3 rings (SSSR count). The fourth-order valence-electron chi connectivity index (χ4n) is 2.33. The summed E-state index contributed by atoms with van der Waals surface area (Å²) >= 11 is 0. The highest BCUT2D eigenvalue weighted by molar-refractivity contribution is 7.90. The van der Waals surface area contributed by atoms with Crippen LogP contribution in [-0.2, 0) is 25.1 Å². The zero-order valence-corrected chi connectivity index (χ0v) is 11.0. The second-order valence-electron chi connectivity index (χ2n) is 4.45. The Morgan fingerprint density at radius 3 is 2.35 bits per heavy atom. The van der Waals surface area contributed by atoms with Crippen LogP contribution in [-0.4, -0.2) is 34.0 Å². The van der Waals surface area contributed by atoms with E-state index in [-0.39, 0.29) is 13.2 Å². The van der Waals surface area contributed by atoms with Crippen LogP contribution >= 0.6 is 0 Å². The number of fused-ring (bicyclic) bond motifs is 2. The third-order valence-electron chi connectivity index (χ3n) is 3.11. The average molecular weight is 310 g/mol. The topological polar surface area (TPSA) is 61.8 Å². The van der Waals surface area contributed by atoms with Crippen molar-refractivity contribution in [3.8, 4) is 5.75 Å². The molecule has 0 N–H and O–H groups in total. The Bertz CT molecular complexity index is 680. The van der Waals surface area contributed by atoms with Gasteiger partial charge >= 0.3 is 11.9 Å². The van der Waals surface area contributed by atoms with Crippen molar-refractivity contribution < 1.29 is 35.8 Å². The van der Waals surface area contributed by atoms with E-state index in [0.717, 1.165) is 18.4 Å². The highest BCUT2D eigenvalue weighted by atomic mass is 32.2. The second-order valence-corrected chi connectivity index (χ2v) is 6.44. The Morgan fingerprint density at radius 1 is 1.20 bits per heavy atom. The molecule has 1 fully saturated rings. The highest BCUT2D eigenvalue weighted by Gasteiger charge is 2.70. The molecule has 5 nitrogen and oxygen atoms in total. The van der Waals surface area contributed by atoms with Gasteiger partial charge < -0.3 is 14.2 Å². The van der Waals surface area contributed by atoms with Crippen LogP contribution in [0.3, 0.4) is 0 Å². The van der Waals surface area contributed by atoms with Crippen molar-refractivity contribution in [3.05, 3.63) is 23.5 Å². The summed E-state index contributed by atoms with van der Waals surface area (Å²) in [5.74, 6) is -4.69. The lowest BCUT2D eigenvalue weighted by Crippen LogP contribution is -2.45. The van der Waals surface area contributed by atoms with Crippen LogP contribution < -0.4 is 4.74 Å². The molecule has 0 atom stereocenters. The molecule has 1 saturated heterocycles. The minimum Gasteiger partial charge on any atom is -0.425 e. The fourth-order valence-corrected chi connectivity index (χ4v) is 3.24. The summed E-state index contributed by atoms with van der Waals surface area (Å²) < 4.78 is 79.2. The molecule has 0 aliphatic carbocycles. The van der Waals surface area contributed by atoms with E-state index in [2.05, 4.69) is 4.74 Å². The van der Waals surface area contributed by atoms with Gasteiger partial charge in [0.15, 0.2) is 21.4 Å². The number of alkyl halides is 2. The lowest BCUT2D eigenvalue weighted by Gasteiger charge is -2.27. The van der Waals surface area contributed by atoms with Gasteiger partial charge in [-0.2, -0.15) is 8.78 Å². The molecular formula is C11H9F3O5S. The fraction of sp³-hybridized carbons (Fsp3) is 0.455. The van der Waals surface area contributed by atoms with Crippen molar-refractivity contribution in [2.24, 2.45) is 0 Å². The predicted molar refractivity (Wildman–Crippen MR) is 58.7 cm³/mol. The zero-order valence-electron chi connectivity index (χ0n) is 10.2. The lowest BCUT2D eigenvalue weighted by molar-refractivity contribution is -0.355. The van der Waals surface area contributed by atoms with E-state index in [1.807, 2.05) is 0 Å². The number of sulfone groups is 1. The molecule has 0 bridgehead atoms. The Morgan fingerprint density at radius 2 is 1.80 bits per heavy atom. The van der Waals surface area contributed by atoms with Crippen LogP contribution in [0.4, 0.5) is 13.2 Å². The van der Waals surface area contributed by atoms with E-state index in [1.54, 1.807) is 0 Å². The van der Waals surface area contributed by atoms with Crippen molar-refractivity contribution in [2.45, 2.75) is 16.8 Å². The molecule has 2 heterocycles. The first kappa shape index (κ1) is 13.7. The summed E-state index contributed by atoms with van der Waals surface area (Å²) in [4.78, 5) is -0.507. The van der Waals surface area contributed by atoms with Crippen LogP contribution in [0.1, 0.15) is 5.56 Å². The predicted octanol–water partition coefficient (Wildman–Crippen LogP) is 1.41. The van der Waals surface area contributed by atoms with Crippen molar-refractivity contribution in [1.29, 1.82) is 0 Å². The molecule has 20 heavy (non-hydrogen) atoms. The lowest BCUT2D eigenvalue weighted by atomic mass is 10.1. The van der Waals surface area contributed by atoms with Gasteiger partial charge in [0.25, 0.3) is 0 Å². The largest absolute Gasteiger partial charge is 0.459 e. The van der Waals surface area contributed by atoms with E-state index in [1.165, 1.54) is 0 Å². The molecule has 0 saturated carbocycles. The maximum atomic E-state index is 14.0. The van der Waals surface area contributed by atoms with Crippen molar-refractivity contribution >= 4 is 9.84 Å². The van der Waals surface area contributed by atoms with E-state index in [0.29, 0.717) is 0 Å². The Kier molecular flexibility index (Phi) is 2.64. The van der Waals surface area contributed by atoms with Gasteiger partial charge in [0.1, 0.15) is 0 Å². The molecule has 2 aliphatic heterocycles. The van der Waals surface area contributed by atoms with E-state index in [9.17, 15) is 21.6 Å². The molecule has 9 heteroatoms. The molecule has 1 aromatic carbocycles. The van der Waals surface area contributed by atoms with Crippen molar-refractivity contribution in [3.63, 3.8) is 0 Å². The first-order valence-electron chi connectivity index (χ1n) is 5.57. The number of halogens is 3. The molecule has 1 spiro atoms. The van der Waals surface area contributed by atoms with Crippen LogP contribution in [0.15, 0.2) is 17.0 Å². The van der Waals surface area contributed by atoms with Crippen LogP contribution in [0.25, 0.3) is 0 Å². The molecule has 0 radical (unpaired) electrons. The molecule has 0 unspecified atom stereocenters. The summed E-state index contributed by atoms with van der Waals surface area (Å²) in [6.45, 7) is -0.365. The minimum atomic E-state index is -4.02. The van der Waals surface area contributed by atoms with E-state index < -0.39 is 43.8 Å². The van der Waals surface area contributed by atoms with Gasteiger partial charge in [-0.05, 0) is 12.1 Å². The van der Waals surface area contributed by atoms with Gasteiger partial charge in [-0.15, -0.1) is 0 Å². The summed E-state index contributed by atoms with van der Waals surface area (Å²) in [5.41, 5.74) is -0.623. The summed E-state index contributed by atoms with van der Waals surface area (Å²) in [5, 5.41) is 0. The smallest absolute Gasteiger partial charge is 0.425 e. The van der Waals surface area contributed by atoms with Crippen LogP contribution in [0.2, 0.25) is 0 Å². The third-order valence-corrected chi connectivity index (χ3v) is 4.25. The van der Waals surface area contributed by atoms with E-state index >= 15 is 0 Å². The van der Waals surface area contributed by atoms with Gasteiger partial charge in [-0.3, -0.25) is 0 Å². The Labute approximate surface area is 112 Å². The normalized spacial score (nSPS) is 22.8. The van der Waals surface area contributed by atoms with Gasteiger partial charge in [-0.1, -0.05) is 0 Å². The number of hydrogen-bond acceptors (Lipinski definition) is 5. The molecule has 2 aliphatic rings. The molecule has 0 amide bonds.